The molecular weight excluding hydrogens is 355 g/mol. The third-order valence-corrected chi connectivity index (χ3v) is 4.45. The van der Waals surface area contributed by atoms with Crippen LogP contribution in [0.5, 0.6) is 11.5 Å². The van der Waals surface area contributed by atoms with Gasteiger partial charge in [0.15, 0.2) is 11.6 Å². The van der Waals surface area contributed by atoms with Gasteiger partial charge in [0.2, 0.25) is 0 Å². The summed E-state index contributed by atoms with van der Waals surface area (Å²) in [6, 6.07) is 11.7. The van der Waals surface area contributed by atoms with E-state index >= 15 is 0 Å². The molecule has 1 N–H and O–H groups in total. The number of aromatic nitrogens is 1. The second-order valence-electron chi connectivity index (χ2n) is 5.30. The molecule has 0 saturated carbocycles. The lowest BCUT2D eigenvalue weighted by Gasteiger charge is -2.07. The Morgan fingerprint density at radius 2 is 2.00 bits per heavy atom. The Morgan fingerprint density at radius 3 is 2.65 bits per heavy atom. The molecule has 0 spiro atoms. The quantitative estimate of drug-likeness (QED) is 0.686. The highest BCUT2D eigenvalue weighted by Gasteiger charge is 2.13. The van der Waals surface area contributed by atoms with Crippen molar-refractivity contribution >= 4 is 22.9 Å². The molecule has 0 aliphatic rings. The number of amides is 1. The van der Waals surface area contributed by atoms with Gasteiger partial charge in [-0.2, -0.15) is 0 Å². The van der Waals surface area contributed by atoms with E-state index in [1.165, 1.54) is 23.5 Å². The average Bonchev–Trinajstić information content (AvgIpc) is 3.14. The van der Waals surface area contributed by atoms with Crippen LogP contribution in [0.3, 0.4) is 0 Å². The maximum Gasteiger partial charge on any atom is 0.275 e. The summed E-state index contributed by atoms with van der Waals surface area (Å²) < 4.78 is 24.1. The molecule has 0 radical (unpaired) electrons. The number of benzene rings is 2. The van der Waals surface area contributed by atoms with Gasteiger partial charge >= 0.3 is 0 Å². The molecule has 1 heterocycles. The van der Waals surface area contributed by atoms with Crippen molar-refractivity contribution in [2.45, 2.75) is 6.92 Å². The van der Waals surface area contributed by atoms with Crippen molar-refractivity contribution in [2.24, 2.45) is 0 Å². The fraction of sp³-hybridized carbons (Fsp3) is 0.158. The maximum absolute atomic E-state index is 13.9. The normalized spacial score (nSPS) is 10.4. The Kier molecular flexibility index (Phi) is 5.48. The van der Waals surface area contributed by atoms with Gasteiger partial charge in [0, 0.05) is 22.7 Å². The molecule has 0 atom stereocenters. The SMILES string of the molecule is CCOc1ccc(NC(=O)c2csc(-c3ccc(OC)cc3)n2)cc1F. The van der Waals surface area contributed by atoms with Crippen LogP contribution in [-0.4, -0.2) is 24.6 Å². The molecule has 0 saturated heterocycles. The average molecular weight is 372 g/mol. The predicted octanol–water partition coefficient (Wildman–Crippen LogP) is 4.61. The first kappa shape index (κ1) is 17.9. The van der Waals surface area contributed by atoms with Crippen LogP contribution in [0.1, 0.15) is 17.4 Å². The molecular formula is C19H17FN2O3S. The summed E-state index contributed by atoms with van der Waals surface area (Å²) in [4.78, 5) is 16.7. The van der Waals surface area contributed by atoms with E-state index in [-0.39, 0.29) is 11.4 Å². The number of hydrogen-bond acceptors (Lipinski definition) is 5. The van der Waals surface area contributed by atoms with Crippen LogP contribution in [0.15, 0.2) is 47.8 Å². The second kappa shape index (κ2) is 7.97. The molecule has 0 bridgehead atoms. The minimum absolute atomic E-state index is 0.154. The highest BCUT2D eigenvalue weighted by Crippen LogP contribution is 2.26. The van der Waals surface area contributed by atoms with Crippen molar-refractivity contribution in [1.29, 1.82) is 0 Å². The van der Waals surface area contributed by atoms with Gasteiger partial charge in [-0.05, 0) is 43.3 Å². The number of methoxy groups -OCH3 is 1. The van der Waals surface area contributed by atoms with Gasteiger partial charge in [-0.25, -0.2) is 9.37 Å². The van der Waals surface area contributed by atoms with E-state index in [9.17, 15) is 9.18 Å². The van der Waals surface area contributed by atoms with Crippen molar-refractivity contribution < 1.29 is 18.7 Å². The Morgan fingerprint density at radius 1 is 1.23 bits per heavy atom. The van der Waals surface area contributed by atoms with Gasteiger partial charge in [-0.15, -0.1) is 11.3 Å². The van der Waals surface area contributed by atoms with Gasteiger partial charge in [-0.3, -0.25) is 4.79 Å². The summed E-state index contributed by atoms with van der Waals surface area (Å²) in [5, 5.41) is 5.03. The van der Waals surface area contributed by atoms with Crippen LogP contribution in [0, 0.1) is 5.82 Å². The van der Waals surface area contributed by atoms with Gasteiger partial charge in [0.05, 0.1) is 13.7 Å². The van der Waals surface area contributed by atoms with E-state index in [1.807, 2.05) is 24.3 Å². The summed E-state index contributed by atoms with van der Waals surface area (Å²) in [5.74, 6) is -0.0202. The smallest absolute Gasteiger partial charge is 0.275 e. The molecule has 26 heavy (non-hydrogen) atoms. The molecule has 7 heteroatoms. The van der Waals surface area contributed by atoms with Crippen LogP contribution in [-0.2, 0) is 0 Å². The zero-order valence-electron chi connectivity index (χ0n) is 14.3. The van der Waals surface area contributed by atoms with Crippen LogP contribution < -0.4 is 14.8 Å². The van der Waals surface area contributed by atoms with Gasteiger partial charge in [0.1, 0.15) is 16.5 Å². The highest BCUT2D eigenvalue weighted by atomic mass is 32.1. The fourth-order valence-corrected chi connectivity index (χ4v) is 3.10. The number of nitrogens with zero attached hydrogens (tertiary/aromatic N) is 1. The first-order chi connectivity index (χ1) is 12.6. The summed E-state index contributed by atoms with van der Waals surface area (Å²) in [6.45, 7) is 2.15. The molecule has 0 aliphatic heterocycles. The molecule has 134 valence electrons. The number of halogens is 1. The third-order valence-electron chi connectivity index (χ3n) is 3.56. The zero-order chi connectivity index (χ0) is 18.5. The lowest BCUT2D eigenvalue weighted by molar-refractivity contribution is 0.102. The van der Waals surface area contributed by atoms with Crippen molar-refractivity contribution in [3.63, 3.8) is 0 Å². The monoisotopic (exact) mass is 372 g/mol. The zero-order valence-corrected chi connectivity index (χ0v) is 15.1. The number of anilines is 1. The molecule has 1 amide bonds. The lowest BCUT2D eigenvalue weighted by Crippen LogP contribution is -2.12. The fourth-order valence-electron chi connectivity index (χ4n) is 2.29. The molecule has 5 nitrogen and oxygen atoms in total. The van der Waals surface area contributed by atoms with Crippen LogP contribution in [0.2, 0.25) is 0 Å². The number of carbonyl (C=O) groups is 1. The standard InChI is InChI=1S/C19H17FN2O3S/c1-3-25-17-9-6-13(10-15(17)20)21-18(23)16-11-26-19(22-16)12-4-7-14(24-2)8-5-12/h4-11H,3H2,1-2H3,(H,21,23). The molecule has 1 aromatic heterocycles. The molecule has 0 fully saturated rings. The number of rotatable bonds is 6. The van der Waals surface area contributed by atoms with Crippen molar-refractivity contribution in [3.05, 3.63) is 59.4 Å². The van der Waals surface area contributed by atoms with Gasteiger partial charge < -0.3 is 14.8 Å². The minimum Gasteiger partial charge on any atom is -0.497 e. The largest absolute Gasteiger partial charge is 0.497 e. The third kappa shape index (κ3) is 4.00. The van der Waals surface area contributed by atoms with E-state index in [2.05, 4.69) is 10.3 Å². The lowest BCUT2D eigenvalue weighted by atomic mass is 10.2. The van der Waals surface area contributed by atoms with E-state index in [0.29, 0.717) is 12.3 Å². The second-order valence-corrected chi connectivity index (χ2v) is 6.16. The Balaban J connectivity index is 1.72. The summed E-state index contributed by atoms with van der Waals surface area (Å²) >= 11 is 1.36. The topological polar surface area (TPSA) is 60.5 Å². The number of nitrogens with one attached hydrogen (secondary N) is 1. The predicted molar refractivity (Wildman–Crippen MR) is 99.6 cm³/mol. The number of carbonyl (C=O) groups excluding carboxylic acids is 1. The van der Waals surface area contributed by atoms with Gasteiger partial charge in [0.25, 0.3) is 5.91 Å². The number of thiazole rings is 1. The van der Waals surface area contributed by atoms with Crippen LogP contribution >= 0.6 is 11.3 Å². The molecule has 2 aromatic carbocycles. The molecule has 3 rings (SSSR count). The summed E-state index contributed by atoms with van der Waals surface area (Å²) in [5.41, 5.74) is 1.51. The van der Waals surface area contributed by atoms with Crippen molar-refractivity contribution in [1.82, 2.24) is 4.98 Å². The van der Waals surface area contributed by atoms with Crippen molar-refractivity contribution in [2.75, 3.05) is 19.0 Å². The maximum atomic E-state index is 13.9. The Hall–Kier alpha value is -2.93. The highest BCUT2D eigenvalue weighted by molar-refractivity contribution is 7.13. The van der Waals surface area contributed by atoms with E-state index < -0.39 is 11.7 Å². The minimum atomic E-state index is -0.526. The van der Waals surface area contributed by atoms with Crippen molar-refractivity contribution in [3.8, 4) is 22.1 Å². The van der Waals surface area contributed by atoms with Gasteiger partial charge in [-0.1, -0.05) is 0 Å². The Bertz CT molecular complexity index is 909. The number of hydrogen-bond donors (Lipinski definition) is 1. The molecule has 3 aromatic rings. The summed E-state index contributed by atoms with van der Waals surface area (Å²) in [7, 11) is 1.60. The van der Waals surface area contributed by atoms with E-state index in [4.69, 9.17) is 9.47 Å². The number of ether oxygens (including phenoxy) is 2. The van der Waals surface area contributed by atoms with E-state index in [0.717, 1.165) is 16.3 Å². The Labute approximate surface area is 154 Å². The molecule has 0 unspecified atom stereocenters. The van der Waals surface area contributed by atoms with E-state index in [1.54, 1.807) is 25.5 Å². The first-order valence-electron chi connectivity index (χ1n) is 7.94. The first-order valence-corrected chi connectivity index (χ1v) is 8.82. The summed E-state index contributed by atoms with van der Waals surface area (Å²) in [6.07, 6.45) is 0. The van der Waals surface area contributed by atoms with Crippen LogP contribution in [0.25, 0.3) is 10.6 Å². The van der Waals surface area contributed by atoms with Crippen LogP contribution in [0.4, 0.5) is 10.1 Å². The molecule has 0 aliphatic carbocycles.